The van der Waals surface area contributed by atoms with Crippen molar-refractivity contribution in [1.82, 2.24) is 14.7 Å². The van der Waals surface area contributed by atoms with Gasteiger partial charge in [-0.25, -0.2) is 4.98 Å². The number of alkyl halides is 3. The largest absolute Gasteiger partial charge is 0.416 e. The van der Waals surface area contributed by atoms with Crippen molar-refractivity contribution in [2.75, 3.05) is 6.54 Å². The van der Waals surface area contributed by atoms with Gasteiger partial charge in [0.25, 0.3) is 0 Å². The fourth-order valence-corrected chi connectivity index (χ4v) is 3.72. The van der Waals surface area contributed by atoms with E-state index in [1.165, 1.54) is 6.07 Å². The summed E-state index contributed by atoms with van der Waals surface area (Å²) < 4.78 is 41.8. The van der Waals surface area contributed by atoms with E-state index >= 15 is 0 Å². The van der Waals surface area contributed by atoms with E-state index in [1.54, 1.807) is 12.3 Å². The second kappa shape index (κ2) is 9.98. The quantitative estimate of drug-likeness (QED) is 0.430. The van der Waals surface area contributed by atoms with E-state index in [0.29, 0.717) is 23.4 Å². The van der Waals surface area contributed by atoms with Crippen LogP contribution >= 0.6 is 0 Å². The zero-order chi connectivity index (χ0) is 22.4. The summed E-state index contributed by atoms with van der Waals surface area (Å²) in [5.74, 6) is -0.725. The van der Waals surface area contributed by atoms with Crippen molar-refractivity contribution in [3.05, 3.63) is 71.2 Å². The van der Waals surface area contributed by atoms with Crippen LogP contribution in [0.4, 0.5) is 13.2 Å². The molecule has 0 saturated heterocycles. The molecule has 0 spiro atoms. The third-order valence-electron chi connectivity index (χ3n) is 5.41. The van der Waals surface area contributed by atoms with Gasteiger partial charge in [0.15, 0.2) is 0 Å². The van der Waals surface area contributed by atoms with Gasteiger partial charge in [0.2, 0.25) is 5.91 Å². The fraction of sp³-hybridized carbons (Fsp3) is 0.417. The highest BCUT2D eigenvalue weighted by molar-refractivity contribution is 5.77. The highest BCUT2D eigenvalue weighted by Crippen LogP contribution is 2.34. The molecule has 4 nitrogen and oxygen atoms in total. The number of hydrogen-bond donors (Lipinski definition) is 1. The second-order valence-electron chi connectivity index (χ2n) is 7.91. The maximum atomic E-state index is 13.3. The van der Waals surface area contributed by atoms with E-state index < -0.39 is 17.7 Å². The average molecular weight is 432 g/mol. The van der Waals surface area contributed by atoms with Gasteiger partial charge in [0.05, 0.1) is 11.3 Å². The van der Waals surface area contributed by atoms with Crippen LogP contribution in [0.1, 0.15) is 67.3 Å². The first-order valence-electron chi connectivity index (χ1n) is 10.7. The minimum atomic E-state index is -4.45. The summed E-state index contributed by atoms with van der Waals surface area (Å²) in [4.78, 5) is 17.1. The average Bonchev–Trinajstić information content (AvgIpc) is 3.14. The zero-order valence-corrected chi connectivity index (χ0v) is 17.9. The van der Waals surface area contributed by atoms with Crippen LogP contribution in [-0.4, -0.2) is 21.8 Å². The lowest BCUT2D eigenvalue weighted by Crippen LogP contribution is -2.26. The molecule has 0 radical (unpaired) electrons. The lowest BCUT2D eigenvalue weighted by molar-refractivity contribution is -0.137. The number of halogens is 3. The topological polar surface area (TPSA) is 46.4 Å². The number of imidazole rings is 1. The molecule has 7 heteroatoms. The van der Waals surface area contributed by atoms with E-state index in [2.05, 4.69) is 17.2 Å². The molecule has 0 saturated carbocycles. The number of unbranched alkanes of at least 4 members (excludes halogenated alkanes) is 3. The Kier molecular flexibility index (Phi) is 7.36. The van der Waals surface area contributed by atoms with Crippen molar-refractivity contribution < 1.29 is 18.0 Å². The number of carbonyl (C=O) groups is 1. The van der Waals surface area contributed by atoms with Crippen LogP contribution in [-0.2, 0) is 11.0 Å². The predicted octanol–water partition coefficient (Wildman–Crippen LogP) is 5.88. The summed E-state index contributed by atoms with van der Waals surface area (Å²) in [6, 6.07) is 9.03. The van der Waals surface area contributed by atoms with Crippen LogP contribution in [0.2, 0.25) is 0 Å². The minimum absolute atomic E-state index is 0.0523. The molecular formula is C24H28F3N3O. The third-order valence-corrected chi connectivity index (χ3v) is 5.41. The Morgan fingerprint density at radius 1 is 1.16 bits per heavy atom. The molecule has 2 aromatic heterocycles. The van der Waals surface area contributed by atoms with Gasteiger partial charge in [-0.1, -0.05) is 44.4 Å². The molecule has 0 aliphatic carbocycles. The molecule has 0 aliphatic heterocycles. The summed E-state index contributed by atoms with van der Waals surface area (Å²) in [5, 5.41) is 2.91. The van der Waals surface area contributed by atoms with Crippen LogP contribution < -0.4 is 5.32 Å². The second-order valence-corrected chi connectivity index (χ2v) is 7.91. The summed E-state index contributed by atoms with van der Waals surface area (Å²) in [7, 11) is 0. The summed E-state index contributed by atoms with van der Waals surface area (Å²) in [6.07, 6.45) is 3.26. The van der Waals surface area contributed by atoms with Crippen molar-refractivity contribution in [2.45, 2.75) is 58.0 Å². The van der Waals surface area contributed by atoms with Gasteiger partial charge in [0, 0.05) is 31.3 Å². The zero-order valence-electron chi connectivity index (χ0n) is 17.9. The molecule has 1 atom stereocenters. The molecule has 0 fully saturated rings. The van der Waals surface area contributed by atoms with Crippen LogP contribution in [0.3, 0.4) is 0 Å². The first-order chi connectivity index (χ1) is 14.8. The Hall–Kier alpha value is -2.83. The Labute approximate surface area is 180 Å². The summed E-state index contributed by atoms with van der Waals surface area (Å²) >= 11 is 0. The number of aryl methyl sites for hydroxylation is 1. The molecule has 3 aromatic rings. The van der Waals surface area contributed by atoms with Gasteiger partial charge in [-0.2, -0.15) is 13.2 Å². The predicted molar refractivity (Wildman–Crippen MR) is 115 cm³/mol. The standard InChI is InChI=1S/C24H28F3N3O/c1-3-4-5-6-11-28-23(31)15-20(18-8-7-9-19(14-18)24(25,26)27)21-16-29-22-13-17(2)10-12-30(21)22/h7-10,12-14,16,20H,3-6,11,15H2,1-2H3,(H,28,31). The number of benzene rings is 1. The van der Waals surface area contributed by atoms with Crippen LogP contribution in [0.5, 0.6) is 0 Å². The number of rotatable bonds is 9. The molecule has 1 unspecified atom stereocenters. The van der Waals surface area contributed by atoms with Crippen molar-refractivity contribution in [1.29, 1.82) is 0 Å². The number of hydrogen-bond acceptors (Lipinski definition) is 2. The first kappa shape index (κ1) is 22.8. The normalized spacial score (nSPS) is 12.8. The Bertz CT molecular complexity index is 1030. The Balaban J connectivity index is 1.90. The molecule has 0 aliphatic rings. The van der Waals surface area contributed by atoms with E-state index in [0.717, 1.165) is 43.4 Å². The SMILES string of the molecule is CCCCCCNC(=O)CC(c1cccc(C(F)(F)F)c1)c1cnc2cc(C)ccn12. The maximum Gasteiger partial charge on any atom is 0.416 e. The van der Waals surface area contributed by atoms with Gasteiger partial charge in [0.1, 0.15) is 5.65 Å². The van der Waals surface area contributed by atoms with Gasteiger partial charge < -0.3 is 9.72 Å². The number of nitrogens with one attached hydrogen (secondary N) is 1. The molecule has 1 amide bonds. The van der Waals surface area contributed by atoms with Gasteiger partial charge in [-0.15, -0.1) is 0 Å². The molecule has 2 heterocycles. The Morgan fingerprint density at radius 2 is 1.97 bits per heavy atom. The fourth-order valence-electron chi connectivity index (χ4n) is 3.72. The van der Waals surface area contributed by atoms with Gasteiger partial charge >= 0.3 is 6.18 Å². The maximum absolute atomic E-state index is 13.3. The minimum Gasteiger partial charge on any atom is -0.356 e. The van der Waals surface area contributed by atoms with E-state index in [1.807, 2.05) is 29.7 Å². The first-order valence-corrected chi connectivity index (χ1v) is 10.7. The molecule has 1 N–H and O–H groups in total. The lowest BCUT2D eigenvalue weighted by atomic mass is 9.91. The molecule has 3 rings (SSSR count). The van der Waals surface area contributed by atoms with Gasteiger partial charge in [-0.05, 0) is 42.7 Å². The summed E-state index contributed by atoms with van der Waals surface area (Å²) in [6.45, 7) is 4.64. The van der Waals surface area contributed by atoms with Crippen molar-refractivity contribution >= 4 is 11.6 Å². The molecule has 0 bridgehead atoms. The highest BCUT2D eigenvalue weighted by Gasteiger charge is 2.32. The molecule has 1 aromatic carbocycles. The van der Waals surface area contributed by atoms with Crippen molar-refractivity contribution in [3.8, 4) is 0 Å². The van der Waals surface area contributed by atoms with E-state index in [4.69, 9.17) is 0 Å². The monoisotopic (exact) mass is 431 g/mol. The van der Waals surface area contributed by atoms with E-state index in [-0.39, 0.29) is 12.3 Å². The number of carbonyl (C=O) groups excluding carboxylic acids is 1. The molecular weight excluding hydrogens is 403 g/mol. The number of nitrogens with zero attached hydrogens (tertiary/aromatic N) is 2. The highest BCUT2D eigenvalue weighted by atomic mass is 19.4. The molecule has 166 valence electrons. The van der Waals surface area contributed by atoms with Crippen molar-refractivity contribution in [3.63, 3.8) is 0 Å². The lowest BCUT2D eigenvalue weighted by Gasteiger charge is -2.19. The van der Waals surface area contributed by atoms with Gasteiger partial charge in [-0.3, -0.25) is 4.79 Å². The van der Waals surface area contributed by atoms with Crippen LogP contribution in [0, 0.1) is 6.92 Å². The molecule has 31 heavy (non-hydrogen) atoms. The van der Waals surface area contributed by atoms with Crippen LogP contribution in [0.15, 0.2) is 48.8 Å². The number of amides is 1. The summed E-state index contributed by atoms with van der Waals surface area (Å²) in [5.41, 5.74) is 2.14. The van der Waals surface area contributed by atoms with Crippen molar-refractivity contribution in [2.24, 2.45) is 0 Å². The number of fused-ring (bicyclic) bond motifs is 1. The number of aromatic nitrogens is 2. The van der Waals surface area contributed by atoms with E-state index in [9.17, 15) is 18.0 Å². The third kappa shape index (κ3) is 5.87. The van der Waals surface area contributed by atoms with Crippen LogP contribution in [0.25, 0.3) is 5.65 Å². The smallest absolute Gasteiger partial charge is 0.356 e. The number of pyridine rings is 1. The Morgan fingerprint density at radius 3 is 2.71 bits per heavy atom.